The van der Waals surface area contributed by atoms with Crippen molar-refractivity contribution >= 4 is 11.3 Å². The van der Waals surface area contributed by atoms with Gasteiger partial charge in [0.15, 0.2) is 0 Å². The minimum atomic E-state index is 0.266. The molecule has 0 radical (unpaired) electrons. The standard InChI is InChI=1S/C15H20N2S/c1-5-16-14(13-8-6-10(2)7-9-13)15-11(3)17-12(4)18-15/h6-9,14,16H,5H2,1-4H3. The molecule has 0 aliphatic rings. The maximum atomic E-state index is 4.54. The van der Waals surface area contributed by atoms with E-state index in [0.717, 1.165) is 17.2 Å². The van der Waals surface area contributed by atoms with Crippen LogP contribution in [0.4, 0.5) is 0 Å². The lowest BCUT2D eigenvalue weighted by Gasteiger charge is -2.17. The summed E-state index contributed by atoms with van der Waals surface area (Å²) in [5, 5.41) is 4.70. The lowest BCUT2D eigenvalue weighted by molar-refractivity contribution is 0.635. The fourth-order valence-electron chi connectivity index (χ4n) is 2.14. The molecular formula is C15H20N2S. The summed E-state index contributed by atoms with van der Waals surface area (Å²) in [6, 6.07) is 9.02. The van der Waals surface area contributed by atoms with Crippen LogP contribution in [0.5, 0.6) is 0 Å². The molecule has 1 N–H and O–H groups in total. The SMILES string of the molecule is CCNC(c1ccc(C)cc1)c1sc(C)nc1C. The summed E-state index contributed by atoms with van der Waals surface area (Å²) in [7, 11) is 0. The summed E-state index contributed by atoms with van der Waals surface area (Å²) in [6.45, 7) is 9.38. The molecule has 0 bridgehead atoms. The summed E-state index contributed by atoms with van der Waals surface area (Å²) in [5.74, 6) is 0. The highest BCUT2D eigenvalue weighted by molar-refractivity contribution is 7.11. The van der Waals surface area contributed by atoms with E-state index in [4.69, 9.17) is 0 Å². The average molecular weight is 260 g/mol. The van der Waals surface area contributed by atoms with Crippen LogP contribution in [0, 0.1) is 20.8 Å². The Morgan fingerprint density at radius 2 is 1.83 bits per heavy atom. The molecule has 2 aromatic rings. The Morgan fingerprint density at radius 1 is 1.17 bits per heavy atom. The molecule has 1 aromatic heterocycles. The van der Waals surface area contributed by atoms with Crippen LogP contribution in [-0.4, -0.2) is 11.5 Å². The fourth-order valence-corrected chi connectivity index (χ4v) is 3.17. The summed E-state index contributed by atoms with van der Waals surface area (Å²) in [5.41, 5.74) is 3.75. The molecule has 2 nitrogen and oxygen atoms in total. The first kappa shape index (κ1) is 13.2. The summed E-state index contributed by atoms with van der Waals surface area (Å²) in [4.78, 5) is 5.87. The zero-order valence-electron chi connectivity index (χ0n) is 11.4. The summed E-state index contributed by atoms with van der Waals surface area (Å²) in [6.07, 6.45) is 0. The van der Waals surface area contributed by atoms with Gasteiger partial charge in [-0.1, -0.05) is 36.8 Å². The Morgan fingerprint density at radius 3 is 2.33 bits per heavy atom. The van der Waals surface area contributed by atoms with E-state index in [-0.39, 0.29) is 6.04 Å². The largest absolute Gasteiger partial charge is 0.306 e. The van der Waals surface area contributed by atoms with Crippen LogP contribution in [0.1, 0.15) is 39.7 Å². The Labute approximate surface area is 113 Å². The van der Waals surface area contributed by atoms with Crippen molar-refractivity contribution in [2.24, 2.45) is 0 Å². The van der Waals surface area contributed by atoms with Crippen molar-refractivity contribution in [3.8, 4) is 0 Å². The zero-order valence-corrected chi connectivity index (χ0v) is 12.3. The first-order valence-electron chi connectivity index (χ1n) is 6.35. The van der Waals surface area contributed by atoms with E-state index in [1.165, 1.54) is 16.0 Å². The number of benzene rings is 1. The normalized spacial score (nSPS) is 12.7. The van der Waals surface area contributed by atoms with Gasteiger partial charge in [0.1, 0.15) is 0 Å². The van der Waals surface area contributed by atoms with E-state index >= 15 is 0 Å². The molecule has 0 aliphatic heterocycles. The number of rotatable bonds is 4. The number of nitrogens with one attached hydrogen (secondary N) is 1. The van der Waals surface area contributed by atoms with Crippen molar-refractivity contribution in [3.63, 3.8) is 0 Å². The van der Waals surface area contributed by atoms with Gasteiger partial charge in [-0.25, -0.2) is 4.98 Å². The molecule has 0 saturated carbocycles. The van der Waals surface area contributed by atoms with E-state index in [1.54, 1.807) is 11.3 Å². The number of aromatic nitrogens is 1. The van der Waals surface area contributed by atoms with Crippen LogP contribution in [-0.2, 0) is 0 Å². The van der Waals surface area contributed by atoms with Crippen molar-refractivity contribution in [2.75, 3.05) is 6.54 Å². The Kier molecular flexibility index (Phi) is 4.15. The third kappa shape index (κ3) is 2.79. The van der Waals surface area contributed by atoms with E-state index in [2.05, 4.69) is 62.3 Å². The van der Waals surface area contributed by atoms with Crippen LogP contribution in [0.25, 0.3) is 0 Å². The monoisotopic (exact) mass is 260 g/mol. The molecule has 0 amide bonds. The van der Waals surface area contributed by atoms with Crippen molar-refractivity contribution in [3.05, 3.63) is 51.0 Å². The summed E-state index contributed by atoms with van der Waals surface area (Å²) < 4.78 is 0. The van der Waals surface area contributed by atoms with Gasteiger partial charge >= 0.3 is 0 Å². The topological polar surface area (TPSA) is 24.9 Å². The van der Waals surface area contributed by atoms with E-state index in [9.17, 15) is 0 Å². The first-order chi connectivity index (χ1) is 8.61. The van der Waals surface area contributed by atoms with Gasteiger partial charge < -0.3 is 5.32 Å². The van der Waals surface area contributed by atoms with Crippen LogP contribution in [0.3, 0.4) is 0 Å². The van der Waals surface area contributed by atoms with Crippen molar-refractivity contribution in [2.45, 2.75) is 33.7 Å². The third-order valence-corrected chi connectivity index (χ3v) is 4.16. The zero-order chi connectivity index (χ0) is 13.1. The van der Waals surface area contributed by atoms with E-state index < -0.39 is 0 Å². The smallest absolute Gasteiger partial charge is 0.0900 e. The molecule has 2 rings (SSSR count). The predicted molar refractivity (Wildman–Crippen MR) is 78.3 cm³/mol. The Bertz CT molecular complexity index is 514. The van der Waals surface area contributed by atoms with Gasteiger partial charge in [-0.15, -0.1) is 11.3 Å². The molecule has 1 heterocycles. The molecule has 0 spiro atoms. The highest BCUT2D eigenvalue weighted by Gasteiger charge is 2.18. The van der Waals surface area contributed by atoms with Crippen molar-refractivity contribution in [1.82, 2.24) is 10.3 Å². The van der Waals surface area contributed by atoms with Crippen molar-refractivity contribution in [1.29, 1.82) is 0 Å². The molecule has 0 fully saturated rings. The number of aryl methyl sites for hydroxylation is 3. The number of nitrogens with zero attached hydrogens (tertiary/aromatic N) is 1. The van der Waals surface area contributed by atoms with Gasteiger partial charge in [-0.05, 0) is 32.9 Å². The highest BCUT2D eigenvalue weighted by Crippen LogP contribution is 2.29. The Balaban J connectivity index is 2.39. The molecule has 1 aromatic carbocycles. The number of thiazole rings is 1. The number of hydrogen-bond acceptors (Lipinski definition) is 3. The molecular weight excluding hydrogens is 240 g/mol. The fraction of sp³-hybridized carbons (Fsp3) is 0.400. The van der Waals surface area contributed by atoms with Crippen LogP contribution in [0.15, 0.2) is 24.3 Å². The van der Waals surface area contributed by atoms with Gasteiger partial charge in [0.05, 0.1) is 16.7 Å². The Hall–Kier alpha value is -1.19. The van der Waals surface area contributed by atoms with Gasteiger partial charge in [-0.3, -0.25) is 0 Å². The lowest BCUT2D eigenvalue weighted by atomic mass is 10.0. The average Bonchev–Trinajstić information content (AvgIpc) is 2.67. The molecule has 0 saturated heterocycles. The third-order valence-electron chi connectivity index (χ3n) is 3.02. The maximum Gasteiger partial charge on any atom is 0.0900 e. The molecule has 1 unspecified atom stereocenters. The second kappa shape index (κ2) is 5.63. The molecule has 96 valence electrons. The molecule has 0 aliphatic carbocycles. The summed E-state index contributed by atoms with van der Waals surface area (Å²) >= 11 is 1.79. The van der Waals surface area contributed by atoms with Gasteiger partial charge in [0, 0.05) is 4.88 Å². The molecule has 3 heteroatoms. The quantitative estimate of drug-likeness (QED) is 0.905. The van der Waals surface area contributed by atoms with Gasteiger partial charge in [0.2, 0.25) is 0 Å². The van der Waals surface area contributed by atoms with Crippen LogP contribution < -0.4 is 5.32 Å². The number of hydrogen-bond donors (Lipinski definition) is 1. The second-order valence-corrected chi connectivity index (χ2v) is 5.82. The second-order valence-electron chi connectivity index (χ2n) is 4.58. The first-order valence-corrected chi connectivity index (χ1v) is 7.17. The molecule has 18 heavy (non-hydrogen) atoms. The van der Waals surface area contributed by atoms with E-state index in [0.29, 0.717) is 0 Å². The van der Waals surface area contributed by atoms with Gasteiger partial charge in [-0.2, -0.15) is 0 Å². The lowest BCUT2D eigenvalue weighted by Crippen LogP contribution is -2.21. The predicted octanol–water partition coefficient (Wildman–Crippen LogP) is 3.77. The minimum absolute atomic E-state index is 0.266. The highest BCUT2D eigenvalue weighted by atomic mass is 32.1. The van der Waals surface area contributed by atoms with E-state index in [1.807, 2.05) is 0 Å². The van der Waals surface area contributed by atoms with Crippen LogP contribution in [0.2, 0.25) is 0 Å². The molecule has 1 atom stereocenters. The van der Waals surface area contributed by atoms with Crippen LogP contribution >= 0.6 is 11.3 Å². The van der Waals surface area contributed by atoms with Gasteiger partial charge in [0.25, 0.3) is 0 Å². The minimum Gasteiger partial charge on any atom is -0.306 e. The van der Waals surface area contributed by atoms with Crippen molar-refractivity contribution < 1.29 is 0 Å². The maximum absolute atomic E-state index is 4.54.